The summed E-state index contributed by atoms with van der Waals surface area (Å²) in [5.74, 6) is 1.84. The van der Waals surface area contributed by atoms with E-state index < -0.39 is 0 Å². The minimum Gasteiger partial charge on any atom is -0.495 e. The summed E-state index contributed by atoms with van der Waals surface area (Å²) in [5, 5.41) is 3.46. The van der Waals surface area contributed by atoms with Crippen molar-refractivity contribution in [1.82, 2.24) is 10.3 Å². The first kappa shape index (κ1) is 16.6. The van der Waals surface area contributed by atoms with Crippen molar-refractivity contribution in [3.05, 3.63) is 42.1 Å². The van der Waals surface area contributed by atoms with Crippen molar-refractivity contribution in [2.45, 2.75) is 19.4 Å². The van der Waals surface area contributed by atoms with Crippen molar-refractivity contribution in [2.24, 2.45) is 0 Å². The van der Waals surface area contributed by atoms with Gasteiger partial charge in [0.2, 0.25) is 0 Å². The maximum Gasteiger partial charge on any atom is 0.142 e. The van der Waals surface area contributed by atoms with Crippen LogP contribution in [0.15, 0.2) is 36.5 Å². The van der Waals surface area contributed by atoms with Gasteiger partial charge in [0.25, 0.3) is 0 Å². The molecule has 1 aromatic carbocycles. The molecule has 1 atom stereocenters. The van der Waals surface area contributed by atoms with E-state index in [-0.39, 0.29) is 0 Å². The minimum atomic E-state index is 0.366. The number of anilines is 3. The quantitative estimate of drug-likeness (QED) is 0.915. The fourth-order valence-corrected chi connectivity index (χ4v) is 3.17. The van der Waals surface area contributed by atoms with Crippen LogP contribution in [0, 0.1) is 6.92 Å². The van der Waals surface area contributed by atoms with Crippen LogP contribution in [0.1, 0.15) is 12.0 Å². The standard InChI is InChI=1S/C19H26N4O/c1-14-5-6-18(24-4)17(11-14)23(16-7-9-20-13-16)19-12-15(22(2)3)8-10-21-19/h5-6,8,10-12,16,20H,7,9,13H2,1-4H3. The van der Waals surface area contributed by atoms with Crippen LogP contribution < -0.4 is 19.9 Å². The third kappa shape index (κ3) is 3.31. The molecule has 0 saturated carbocycles. The van der Waals surface area contributed by atoms with Gasteiger partial charge in [0.1, 0.15) is 11.6 Å². The summed E-state index contributed by atoms with van der Waals surface area (Å²) in [5.41, 5.74) is 3.43. The third-order valence-corrected chi connectivity index (χ3v) is 4.49. The predicted octanol–water partition coefficient (Wildman–Crippen LogP) is 2.96. The molecule has 5 heteroatoms. The average molecular weight is 326 g/mol. The van der Waals surface area contributed by atoms with Gasteiger partial charge in [0.15, 0.2) is 0 Å². The van der Waals surface area contributed by atoms with Gasteiger partial charge in [-0.2, -0.15) is 0 Å². The molecular weight excluding hydrogens is 300 g/mol. The van der Waals surface area contributed by atoms with E-state index in [1.807, 2.05) is 32.4 Å². The molecule has 2 aromatic rings. The van der Waals surface area contributed by atoms with E-state index in [1.165, 1.54) is 5.56 Å². The number of ether oxygens (including phenoxy) is 1. The molecule has 24 heavy (non-hydrogen) atoms. The number of hydrogen-bond acceptors (Lipinski definition) is 5. The van der Waals surface area contributed by atoms with Crippen LogP contribution in [0.5, 0.6) is 5.75 Å². The summed E-state index contributed by atoms with van der Waals surface area (Å²) < 4.78 is 5.64. The summed E-state index contributed by atoms with van der Waals surface area (Å²) in [7, 11) is 5.82. The Labute approximate surface area is 144 Å². The SMILES string of the molecule is COc1ccc(C)cc1N(c1cc(N(C)C)ccn1)C1CCNC1. The molecule has 0 aliphatic carbocycles. The van der Waals surface area contributed by atoms with Gasteiger partial charge in [0, 0.05) is 44.6 Å². The molecule has 1 saturated heterocycles. The molecule has 1 aliphatic rings. The molecule has 1 N–H and O–H groups in total. The van der Waals surface area contributed by atoms with Crippen LogP contribution >= 0.6 is 0 Å². The van der Waals surface area contributed by atoms with Gasteiger partial charge in [-0.25, -0.2) is 4.98 Å². The Hall–Kier alpha value is -2.27. The number of hydrogen-bond donors (Lipinski definition) is 1. The smallest absolute Gasteiger partial charge is 0.142 e. The van der Waals surface area contributed by atoms with Gasteiger partial charge in [-0.3, -0.25) is 0 Å². The maximum absolute atomic E-state index is 5.64. The Kier molecular flexibility index (Phi) is 4.90. The Morgan fingerprint density at radius 1 is 1.21 bits per heavy atom. The van der Waals surface area contributed by atoms with E-state index in [2.05, 4.69) is 45.2 Å². The fraction of sp³-hybridized carbons (Fsp3) is 0.421. The second-order valence-corrected chi connectivity index (χ2v) is 6.46. The third-order valence-electron chi connectivity index (χ3n) is 4.49. The van der Waals surface area contributed by atoms with Gasteiger partial charge in [-0.15, -0.1) is 0 Å². The number of nitrogens with zero attached hydrogens (tertiary/aromatic N) is 3. The number of nitrogens with one attached hydrogen (secondary N) is 1. The van der Waals surface area contributed by atoms with Crippen molar-refractivity contribution in [2.75, 3.05) is 44.1 Å². The molecular formula is C19H26N4O. The molecule has 1 fully saturated rings. The molecule has 2 heterocycles. The number of pyridine rings is 1. The van der Waals surface area contributed by atoms with Gasteiger partial charge < -0.3 is 19.9 Å². The van der Waals surface area contributed by atoms with E-state index in [0.29, 0.717) is 6.04 Å². The van der Waals surface area contributed by atoms with Gasteiger partial charge in [-0.05, 0) is 43.7 Å². The Morgan fingerprint density at radius 3 is 2.71 bits per heavy atom. The van der Waals surface area contributed by atoms with E-state index in [1.54, 1.807) is 7.11 Å². The van der Waals surface area contributed by atoms with Crippen LogP contribution in [0.2, 0.25) is 0 Å². The number of methoxy groups -OCH3 is 1. The summed E-state index contributed by atoms with van der Waals surface area (Å²) in [4.78, 5) is 9.08. The lowest BCUT2D eigenvalue weighted by Gasteiger charge is -2.31. The molecule has 0 spiro atoms. The van der Waals surface area contributed by atoms with Gasteiger partial charge >= 0.3 is 0 Å². The zero-order valence-corrected chi connectivity index (χ0v) is 14.9. The van der Waals surface area contributed by atoms with Crippen molar-refractivity contribution in [1.29, 1.82) is 0 Å². The second-order valence-electron chi connectivity index (χ2n) is 6.46. The number of rotatable bonds is 5. The molecule has 128 valence electrons. The molecule has 1 aliphatic heterocycles. The molecule has 3 rings (SSSR count). The topological polar surface area (TPSA) is 40.6 Å². The molecule has 0 amide bonds. The van der Waals surface area contributed by atoms with Gasteiger partial charge in [0.05, 0.1) is 12.8 Å². The zero-order valence-electron chi connectivity index (χ0n) is 14.9. The largest absolute Gasteiger partial charge is 0.495 e. The van der Waals surface area contributed by atoms with Crippen molar-refractivity contribution in [3.8, 4) is 5.75 Å². The van der Waals surface area contributed by atoms with Gasteiger partial charge in [-0.1, -0.05) is 6.07 Å². The monoisotopic (exact) mass is 326 g/mol. The minimum absolute atomic E-state index is 0.366. The molecule has 0 bridgehead atoms. The normalized spacial score (nSPS) is 16.9. The number of aryl methyl sites for hydroxylation is 1. The summed E-state index contributed by atoms with van der Waals surface area (Å²) in [6.07, 6.45) is 2.97. The Bertz CT molecular complexity index is 696. The van der Waals surface area contributed by atoms with Crippen LogP contribution in [0.4, 0.5) is 17.2 Å². The van der Waals surface area contributed by atoms with E-state index in [0.717, 1.165) is 42.5 Å². The van der Waals surface area contributed by atoms with E-state index in [9.17, 15) is 0 Å². The highest BCUT2D eigenvalue weighted by atomic mass is 16.5. The molecule has 0 radical (unpaired) electrons. The molecule has 1 unspecified atom stereocenters. The van der Waals surface area contributed by atoms with E-state index >= 15 is 0 Å². The Morgan fingerprint density at radius 2 is 2.04 bits per heavy atom. The molecule has 5 nitrogen and oxygen atoms in total. The number of aromatic nitrogens is 1. The van der Waals surface area contributed by atoms with Crippen LogP contribution in [-0.2, 0) is 0 Å². The Balaban J connectivity index is 2.11. The molecule has 1 aromatic heterocycles. The zero-order chi connectivity index (χ0) is 17.1. The summed E-state index contributed by atoms with van der Waals surface area (Å²) in [6, 6.07) is 10.8. The average Bonchev–Trinajstić information content (AvgIpc) is 3.10. The first-order valence-corrected chi connectivity index (χ1v) is 8.38. The van der Waals surface area contributed by atoms with Crippen molar-refractivity contribution >= 4 is 17.2 Å². The maximum atomic E-state index is 5.64. The highest BCUT2D eigenvalue weighted by molar-refractivity contribution is 5.71. The van der Waals surface area contributed by atoms with E-state index in [4.69, 9.17) is 4.74 Å². The summed E-state index contributed by atoms with van der Waals surface area (Å²) >= 11 is 0. The van der Waals surface area contributed by atoms with Crippen LogP contribution in [-0.4, -0.2) is 45.3 Å². The van der Waals surface area contributed by atoms with Crippen molar-refractivity contribution in [3.63, 3.8) is 0 Å². The highest BCUT2D eigenvalue weighted by Crippen LogP contribution is 2.37. The predicted molar refractivity (Wildman–Crippen MR) is 99.7 cm³/mol. The first-order valence-electron chi connectivity index (χ1n) is 8.38. The first-order chi connectivity index (χ1) is 11.6. The highest BCUT2D eigenvalue weighted by Gasteiger charge is 2.27. The second kappa shape index (κ2) is 7.09. The lowest BCUT2D eigenvalue weighted by atomic mass is 10.1. The van der Waals surface area contributed by atoms with Crippen LogP contribution in [0.3, 0.4) is 0 Å². The fourth-order valence-electron chi connectivity index (χ4n) is 3.17. The van der Waals surface area contributed by atoms with Crippen LogP contribution in [0.25, 0.3) is 0 Å². The summed E-state index contributed by atoms with van der Waals surface area (Å²) in [6.45, 7) is 4.09. The lowest BCUT2D eigenvalue weighted by molar-refractivity contribution is 0.414. The lowest BCUT2D eigenvalue weighted by Crippen LogP contribution is -2.34. The van der Waals surface area contributed by atoms with Crippen molar-refractivity contribution < 1.29 is 4.74 Å². The number of benzene rings is 1.